The minimum absolute atomic E-state index is 0.0877. The highest BCUT2D eigenvalue weighted by atomic mass is 35.5. The summed E-state index contributed by atoms with van der Waals surface area (Å²) in [4.78, 5) is 30.3. The van der Waals surface area contributed by atoms with Crippen molar-refractivity contribution in [1.29, 1.82) is 0 Å². The van der Waals surface area contributed by atoms with Gasteiger partial charge in [-0.2, -0.15) is 0 Å². The predicted molar refractivity (Wildman–Crippen MR) is 118 cm³/mol. The lowest BCUT2D eigenvalue weighted by Gasteiger charge is -2.33. The zero-order chi connectivity index (χ0) is 21.5. The van der Waals surface area contributed by atoms with Crippen LogP contribution in [0, 0.1) is 0 Å². The molecule has 1 atom stereocenters. The molecule has 1 saturated heterocycles. The van der Waals surface area contributed by atoms with E-state index in [1.807, 2.05) is 12.1 Å². The van der Waals surface area contributed by atoms with Gasteiger partial charge in [0.2, 0.25) is 11.8 Å². The van der Waals surface area contributed by atoms with Gasteiger partial charge in [-0.15, -0.1) is 11.8 Å². The number of ether oxygens (including phenoxy) is 1. The van der Waals surface area contributed by atoms with E-state index in [-0.39, 0.29) is 17.8 Å². The van der Waals surface area contributed by atoms with E-state index in [9.17, 15) is 9.59 Å². The van der Waals surface area contributed by atoms with Crippen molar-refractivity contribution in [3.8, 4) is 0 Å². The van der Waals surface area contributed by atoms with E-state index >= 15 is 0 Å². The van der Waals surface area contributed by atoms with Crippen molar-refractivity contribution in [2.24, 2.45) is 5.73 Å². The molecular weight excluding hydrogens is 447 g/mol. The molecule has 0 bridgehead atoms. The molecule has 1 unspecified atom stereocenters. The van der Waals surface area contributed by atoms with Gasteiger partial charge < -0.3 is 15.8 Å². The number of aromatic nitrogens is 1. The van der Waals surface area contributed by atoms with Gasteiger partial charge in [0.15, 0.2) is 0 Å². The van der Waals surface area contributed by atoms with Gasteiger partial charge in [-0.1, -0.05) is 29.3 Å². The lowest BCUT2D eigenvalue weighted by molar-refractivity contribution is -0.119. The van der Waals surface area contributed by atoms with E-state index < -0.39 is 5.91 Å². The molecule has 2 aromatic rings. The van der Waals surface area contributed by atoms with Gasteiger partial charge in [-0.25, -0.2) is 0 Å². The number of nitrogens with one attached hydrogen (secondary N) is 1. The topological polar surface area (TPSA) is 97.6 Å². The summed E-state index contributed by atoms with van der Waals surface area (Å²) in [5.74, 6) is -0.451. The monoisotopic (exact) mass is 468 g/mol. The molecule has 1 aliphatic heterocycles. The van der Waals surface area contributed by atoms with E-state index in [2.05, 4.69) is 15.2 Å². The average molecular weight is 469 g/mol. The van der Waals surface area contributed by atoms with Crippen molar-refractivity contribution in [2.45, 2.75) is 17.5 Å². The molecule has 2 amide bonds. The van der Waals surface area contributed by atoms with Gasteiger partial charge in [0.25, 0.3) is 0 Å². The smallest absolute Gasteiger partial charge is 0.250 e. The molecule has 3 N–H and O–H groups in total. The zero-order valence-corrected chi connectivity index (χ0v) is 18.5. The van der Waals surface area contributed by atoms with Gasteiger partial charge in [-0.3, -0.25) is 19.5 Å². The zero-order valence-electron chi connectivity index (χ0n) is 16.1. The number of carbonyl (C=O) groups is 2. The fourth-order valence-corrected chi connectivity index (χ4v) is 4.07. The van der Waals surface area contributed by atoms with Gasteiger partial charge in [0.1, 0.15) is 0 Å². The Morgan fingerprint density at radius 2 is 2.10 bits per heavy atom. The van der Waals surface area contributed by atoms with Crippen LogP contribution in [0.25, 0.3) is 0 Å². The first-order valence-electron chi connectivity index (χ1n) is 9.33. The molecule has 0 radical (unpaired) electrons. The Labute approximate surface area is 189 Å². The van der Waals surface area contributed by atoms with Crippen LogP contribution in [0.5, 0.6) is 0 Å². The number of amides is 2. The SMILES string of the molecule is NC(=O)c1cncc(SCC(=O)NCC2CN(Cc3ccc(Cl)c(Cl)c3)CCO2)c1. The average Bonchev–Trinajstić information content (AvgIpc) is 2.74. The van der Waals surface area contributed by atoms with Gasteiger partial charge in [0.05, 0.1) is 34.1 Å². The third-order valence-electron chi connectivity index (χ3n) is 4.51. The third kappa shape index (κ3) is 6.85. The fourth-order valence-electron chi connectivity index (χ4n) is 3.00. The number of rotatable bonds is 8. The molecule has 7 nitrogen and oxygen atoms in total. The Morgan fingerprint density at radius 3 is 2.87 bits per heavy atom. The van der Waals surface area contributed by atoms with E-state index in [0.717, 1.165) is 18.7 Å². The lowest BCUT2D eigenvalue weighted by atomic mass is 10.2. The van der Waals surface area contributed by atoms with Crippen LogP contribution in [-0.2, 0) is 16.1 Å². The van der Waals surface area contributed by atoms with Crippen LogP contribution < -0.4 is 11.1 Å². The molecule has 160 valence electrons. The minimum Gasteiger partial charge on any atom is -0.374 e. The van der Waals surface area contributed by atoms with Gasteiger partial charge in [-0.05, 0) is 23.8 Å². The molecule has 2 heterocycles. The molecule has 1 aromatic carbocycles. The Balaban J connectivity index is 1.42. The second-order valence-corrected chi connectivity index (χ2v) is 8.71. The number of primary amides is 1. The Hall–Kier alpha value is -1.84. The minimum atomic E-state index is -0.547. The number of hydrogen-bond acceptors (Lipinski definition) is 6. The Kier molecular flexibility index (Phi) is 8.35. The summed E-state index contributed by atoms with van der Waals surface area (Å²) in [7, 11) is 0. The summed E-state index contributed by atoms with van der Waals surface area (Å²) in [6, 6.07) is 7.25. The number of nitrogens with two attached hydrogens (primary N) is 1. The first-order valence-corrected chi connectivity index (χ1v) is 11.1. The van der Waals surface area contributed by atoms with Crippen molar-refractivity contribution < 1.29 is 14.3 Å². The first-order chi connectivity index (χ1) is 14.4. The molecule has 0 saturated carbocycles. The van der Waals surface area contributed by atoms with Crippen LogP contribution in [0.3, 0.4) is 0 Å². The second kappa shape index (κ2) is 11.0. The molecule has 1 aliphatic rings. The van der Waals surface area contributed by atoms with Crippen molar-refractivity contribution in [2.75, 3.05) is 32.0 Å². The van der Waals surface area contributed by atoms with Gasteiger partial charge in [0, 0.05) is 43.5 Å². The summed E-state index contributed by atoms with van der Waals surface area (Å²) in [5, 5.41) is 3.98. The number of hydrogen-bond donors (Lipinski definition) is 2. The molecule has 1 fully saturated rings. The summed E-state index contributed by atoms with van der Waals surface area (Å²) < 4.78 is 5.77. The number of thioether (sulfide) groups is 1. The van der Waals surface area contributed by atoms with Crippen LogP contribution in [-0.4, -0.2) is 59.8 Å². The van der Waals surface area contributed by atoms with Crippen molar-refractivity contribution in [3.05, 3.63) is 57.8 Å². The van der Waals surface area contributed by atoms with Crippen LogP contribution >= 0.6 is 35.0 Å². The normalized spacial score (nSPS) is 16.9. The van der Waals surface area contributed by atoms with Crippen molar-refractivity contribution in [3.63, 3.8) is 0 Å². The quantitative estimate of drug-likeness (QED) is 0.577. The summed E-state index contributed by atoms with van der Waals surface area (Å²) in [6.45, 7) is 3.28. The summed E-state index contributed by atoms with van der Waals surface area (Å²) >= 11 is 13.4. The van der Waals surface area contributed by atoms with Crippen LogP contribution in [0.1, 0.15) is 15.9 Å². The maximum atomic E-state index is 12.2. The standard InChI is InChI=1S/C20H22Cl2N4O3S/c21-17-2-1-13(5-18(17)22)10-26-3-4-29-15(11-26)8-25-19(27)12-30-16-6-14(20(23)28)7-24-9-16/h1-2,5-7,9,15H,3-4,8,10-12H2,(H2,23,28)(H,25,27). The third-order valence-corrected chi connectivity index (χ3v) is 6.21. The molecular formula is C20H22Cl2N4O3S. The summed E-state index contributed by atoms with van der Waals surface area (Å²) in [6.07, 6.45) is 2.90. The number of halogens is 2. The second-order valence-electron chi connectivity index (χ2n) is 6.84. The van der Waals surface area contributed by atoms with E-state index in [0.29, 0.717) is 40.2 Å². The summed E-state index contributed by atoms with van der Waals surface area (Å²) in [5.41, 5.74) is 6.64. The molecule has 0 aliphatic carbocycles. The van der Waals surface area contributed by atoms with Crippen LogP contribution in [0.15, 0.2) is 41.6 Å². The number of benzene rings is 1. The maximum absolute atomic E-state index is 12.2. The van der Waals surface area contributed by atoms with E-state index in [1.54, 1.807) is 18.3 Å². The van der Waals surface area contributed by atoms with Crippen LogP contribution in [0.2, 0.25) is 10.0 Å². The number of carbonyl (C=O) groups excluding carboxylic acids is 2. The number of nitrogens with zero attached hydrogens (tertiary/aromatic N) is 2. The maximum Gasteiger partial charge on any atom is 0.250 e. The molecule has 0 spiro atoms. The predicted octanol–water partition coefficient (Wildman–Crippen LogP) is 2.60. The molecule has 1 aromatic heterocycles. The highest BCUT2D eigenvalue weighted by Crippen LogP contribution is 2.23. The van der Waals surface area contributed by atoms with E-state index in [1.165, 1.54) is 18.0 Å². The van der Waals surface area contributed by atoms with Gasteiger partial charge >= 0.3 is 0 Å². The van der Waals surface area contributed by atoms with Crippen molar-refractivity contribution >= 4 is 46.8 Å². The lowest BCUT2D eigenvalue weighted by Crippen LogP contribution is -2.47. The van der Waals surface area contributed by atoms with Crippen LogP contribution in [0.4, 0.5) is 0 Å². The highest BCUT2D eigenvalue weighted by molar-refractivity contribution is 8.00. The first kappa shape index (κ1) is 22.8. The molecule has 30 heavy (non-hydrogen) atoms. The van der Waals surface area contributed by atoms with E-state index in [4.69, 9.17) is 33.7 Å². The number of pyridine rings is 1. The Morgan fingerprint density at radius 1 is 1.27 bits per heavy atom. The Bertz CT molecular complexity index is 915. The fraction of sp³-hybridized carbons (Fsp3) is 0.350. The highest BCUT2D eigenvalue weighted by Gasteiger charge is 2.21. The molecule has 3 rings (SSSR count). The largest absolute Gasteiger partial charge is 0.374 e. The molecule has 10 heteroatoms. The van der Waals surface area contributed by atoms with Crippen molar-refractivity contribution in [1.82, 2.24) is 15.2 Å². The number of morpholine rings is 1.